The number of fused-ring (bicyclic) bond motifs is 2. The average Bonchev–Trinajstić information content (AvgIpc) is 2.51. The number of methoxy groups -OCH3 is 1. The van der Waals surface area contributed by atoms with Gasteiger partial charge in [-0.2, -0.15) is 0 Å². The van der Waals surface area contributed by atoms with Gasteiger partial charge in [-0.05, 0) is 44.1 Å². The van der Waals surface area contributed by atoms with Gasteiger partial charge in [-0.15, -0.1) is 0 Å². The number of rotatable bonds is 2. The van der Waals surface area contributed by atoms with Crippen molar-refractivity contribution in [3.8, 4) is 0 Å². The van der Waals surface area contributed by atoms with Crippen molar-refractivity contribution in [3.63, 3.8) is 0 Å². The molecular formula is C11H19NO2. The van der Waals surface area contributed by atoms with E-state index in [-0.39, 0.29) is 16.8 Å². The molecule has 2 aliphatic carbocycles. The zero-order chi connectivity index (χ0) is 10.2. The van der Waals surface area contributed by atoms with Crippen molar-refractivity contribution in [1.82, 2.24) is 0 Å². The van der Waals surface area contributed by atoms with Crippen LogP contribution in [0.1, 0.15) is 38.5 Å². The predicted molar refractivity (Wildman–Crippen MR) is 53.6 cm³/mol. The predicted octanol–water partition coefficient (Wildman–Crippen LogP) is 1.46. The minimum Gasteiger partial charge on any atom is -0.469 e. The van der Waals surface area contributed by atoms with Gasteiger partial charge in [-0.3, -0.25) is 4.79 Å². The number of carbonyl (C=O) groups is 1. The van der Waals surface area contributed by atoms with Gasteiger partial charge in [0, 0.05) is 0 Å². The molecule has 2 aliphatic rings. The van der Waals surface area contributed by atoms with E-state index in [0.29, 0.717) is 0 Å². The first-order valence-corrected chi connectivity index (χ1v) is 5.45. The summed E-state index contributed by atoms with van der Waals surface area (Å²) in [6.07, 6.45) is 6.38. The Labute approximate surface area is 85.0 Å². The van der Waals surface area contributed by atoms with Crippen LogP contribution in [0.25, 0.3) is 0 Å². The normalized spacial score (nSPS) is 41.0. The molecule has 80 valence electrons. The first kappa shape index (κ1) is 9.97. The quantitative estimate of drug-likeness (QED) is 0.682. The second-order valence-electron chi connectivity index (χ2n) is 5.01. The van der Waals surface area contributed by atoms with E-state index < -0.39 is 0 Å². The van der Waals surface area contributed by atoms with Crippen LogP contribution in [0.15, 0.2) is 0 Å². The lowest BCUT2D eigenvalue weighted by Crippen LogP contribution is -2.38. The Morgan fingerprint density at radius 3 is 2.79 bits per heavy atom. The maximum absolute atomic E-state index is 11.7. The topological polar surface area (TPSA) is 52.3 Å². The Morgan fingerprint density at radius 2 is 2.14 bits per heavy atom. The first-order valence-electron chi connectivity index (χ1n) is 5.45. The van der Waals surface area contributed by atoms with Crippen LogP contribution < -0.4 is 5.73 Å². The zero-order valence-electron chi connectivity index (χ0n) is 8.84. The highest BCUT2D eigenvalue weighted by Crippen LogP contribution is 2.58. The molecule has 0 aromatic rings. The van der Waals surface area contributed by atoms with Crippen molar-refractivity contribution in [2.24, 2.45) is 16.6 Å². The van der Waals surface area contributed by atoms with E-state index in [9.17, 15) is 4.79 Å². The van der Waals surface area contributed by atoms with Crippen molar-refractivity contribution >= 4 is 5.97 Å². The van der Waals surface area contributed by atoms with Gasteiger partial charge in [0.1, 0.15) is 0 Å². The fourth-order valence-electron chi connectivity index (χ4n) is 3.40. The summed E-state index contributed by atoms with van der Waals surface area (Å²) in [5.74, 6) is -0.00692. The summed E-state index contributed by atoms with van der Waals surface area (Å²) in [7, 11) is 1.49. The molecule has 0 aromatic heterocycles. The fourth-order valence-corrected chi connectivity index (χ4v) is 3.40. The summed E-state index contributed by atoms with van der Waals surface area (Å²) in [4.78, 5) is 11.7. The molecule has 0 aliphatic heterocycles. The third kappa shape index (κ3) is 1.26. The van der Waals surface area contributed by atoms with Crippen LogP contribution in [0.5, 0.6) is 0 Å². The second kappa shape index (κ2) is 3.23. The Hall–Kier alpha value is -0.570. The molecule has 2 N–H and O–H groups in total. The largest absolute Gasteiger partial charge is 0.469 e. The monoisotopic (exact) mass is 197 g/mol. The summed E-state index contributed by atoms with van der Waals surface area (Å²) in [5.41, 5.74) is 5.91. The number of nitrogens with two attached hydrogens (primary N) is 1. The van der Waals surface area contributed by atoms with Crippen LogP contribution >= 0.6 is 0 Å². The van der Waals surface area contributed by atoms with E-state index in [0.717, 1.165) is 38.6 Å². The number of ether oxygens (including phenoxy) is 1. The van der Waals surface area contributed by atoms with E-state index in [1.54, 1.807) is 0 Å². The van der Waals surface area contributed by atoms with Crippen LogP contribution in [-0.4, -0.2) is 19.6 Å². The van der Waals surface area contributed by atoms with Gasteiger partial charge in [-0.25, -0.2) is 0 Å². The van der Waals surface area contributed by atoms with E-state index in [2.05, 4.69) is 0 Å². The molecule has 0 unspecified atom stereocenters. The molecule has 0 aromatic carbocycles. The fraction of sp³-hybridized carbons (Fsp3) is 0.909. The molecule has 2 saturated carbocycles. The minimum atomic E-state index is -0.174. The van der Waals surface area contributed by atoms with Gasteiger partial charge in [0.05, 0.1) is 12.5 Å². The summed E-state index contributed by atoms with van der Waals surface area (Å²) in [6, 6.07) is 0. The molecule has 2 bridgehead atoms. The molecule has 0 spiro atoms. The number of esters is 1. The van der Waals surface area contributed by atoms with Crippen LogP contribution in [0.2, 0.25) is 0 Å². The Kier molecular flexibility index (Phi) is 2.30. The smallest absolute Gasteiger partial charge is 0.311 e. The summed E-state index contributed by atoms with van der Waals surface area (Å²) in [5, 5.41) is 0. The third-order valence-corrected chi connectivity index (χ3v) is 4.26. The van der Waals surface area contributed by atoms with Crippen LogP contribution in [0.4, 0.5) is 0 Å². The van der Waals surface area contributed by atoms with Gasteiger partial charge >= 0.3 is 5.97 Å². The molecule has 0 amide bonds. The lowest BCUT2D eigenvalue weighted by Gasteiger charge is -2.36. The SMILES string of the molecule is COC(=O)[C@@]12CCC[C@@](CN)(CC1)C2. The van der Waals surface area contributed by atoms with Crippen molar-refractivity contribution in [1.29, 1.82) is 0 Å². The summed E-state index contributed by atoms with van der Waals surface area (Å²) >= 11 is 0. The first-order chi connectivity index (χ1) is 6.66. The molecule has 3 nitrogen and oxygen atoms in total. The maximum atomic E-state index is 11.7. The molecular weight excluding hydrogens is 178 g/mol. The lowest BCUT2D eigenvalue weighted by molar-refractivity contribution is -0.154. The molecule has 0 heterocycles. The maximum Gasteiger partial charge on any atom is 0.311 e. The number of carbonyl (C=O) groups excluding carboxylic acids is 1. The Balaban J connectivity index is 2.20. The average molecular weight is 197 g/mol. The van der Waals surface area contributed by atoms with Gasteiger partial charge in [0.15, 0.2) is 0 Å². The van der Waals surface area contributed by atoms with Crippen LogP contribution in [-0.2, 0) is 9.53 Å². The van der Waals surface area contributed by atoms with Crippen molar-refractivity contribution in [3.05, 3.63) is 0 Å². The summed E-state index contributed by atoms with van der Waals surface area (Å²) < 4.78 is 4.92. The van der Waals surface area contributed by atoms with E-state index >= 15 is 0 Å². The molecule has 3 heteroatoms. The molecule has 2 fully saturated rings. The van der Waals surface area contributed by atoms with E-state index in [4.69, 9.17) is 10.5 Å². The molecule has 14 heavy (non-hydrogen) atoms. The standard InChI is InChI=1S/C11H19NO2/c1-14-9(13)11-4-2-3-10(7-11,8-12)5-6-11/h2-8,12H2,1H3/t10-,11+/m1/s1. The van der Waals surface area contributed by atoms with Gasteiger partial charge < -0.3 is 10.5 Å². The van der Waals surface area contributed by atoms with Gasteiger partial charge in [0.25, 0.3) is 0 Å². The second-order valence-corrected chi connectivity index (χ2v) is 5.01. The summed E-state index contributed by atoms with van der Waals surface area (Å²) in [6.45, 7) is 0.728. The van der Waals surface area contributed by atoms with E-state index in [1.165, 1.54) is 13.5 Å². The van der Waals surface area contributed by atoms with Crippen molar-refractivity contribution in [2.45, 2.75) is 38.5 Å². The molecule has 2 atom stereocenters. The highest BCUT2D eigenvalue weighted by Gasteiger charge is 2.54. The highest BCUT2D eigenvalue weighted by molar-refractivity contribution is 5.77. The Morgan fingerprint density at radius 1 is 1.36 bits per heavy atom. The lowest BCUT2D eigenvalue weighted by atomic mass is 9.69. The van der Waals surface area contributed by atoms with Crippen LogP contribution in [0.3, 0.4) is 0 Å². The highest BCUT2D eigenvalue weighted by atomic mass is 16.5. The van der Waals surface area contributed by atoms with Crippen molar-refractivity contribution < 1.29 is 9.53 Å². The molecule has 0 saturated heterocycles. The number of hydrogen-bond donors (Lipinski definition) is 1. The van der Waals surface area contributed by atoms with E-state index in [1.807, 2.05) is 0 Å². The molecule has 0 radical (unpaired) electrons. The molecule has 2 rings (SSSR count). The number of hydrogen-bond acceptors (Lipinski definition) is 3. The van der Waals surface area contributed by atoms with Crippen molar-refractivity contribution in [2.75, 3.05) is 13.7 Å². The Bertz CT molecular complexity index is 254. The zero-order valence-corrected chi connectivity index (χ0v) is 8.84. The van der Waals surface area contributed by atoms with Gasteiger partial charge in [-0.1, -0.05) is 6.42 Å². The minimum absolute atomic E-state index is 0.00692. The third-order valence-electron chi connectivity index (χ3n) is 4.26. The van der Waals surface area contributed by atoms with Gasteiger partial charge in [0.2, 0.25) is 0 Å². The van der Waals surface area contributed by atoms with Crippen LogP contribution in [0, 0.1) is 10.8 Å².